The van der Waals surface area contributed by atoms with Crippen molar-refractivity contribution in [2.24, 2.45) is 5.73 Å². The Labute approximate surface area is 61.4 Å². The molecule has 9 heavy (non-hydrogen) atoms. The lowest BCUT2D eigenvalue weighted by molar-refractivity contribution is 0.396. The van der Waals surface area contributed by atoms with Crippen LogP contribution in [0.2, 0.25) is 0 Å². The first-order chi connectivity index (χ1) is 3.86. The summed E-state index contributed by atoms with van der Waals surface area (Å²) in [4.78, 5) is 0. The van der Waals surface area contributed by atoms with Gasteiger partial charge in [0.15, 0.2) is 0 Å². The molecule has 0 aromatic carbocycles. The molecule has 2 N–H and O–H groups in total. The molecule has 0 aromatic heterocycles. The third-order valence-corrected chi connectivity index (χ3v) is 3.58. The molecule has 0 bridgehead atoms. The van der Waals surface area contributed by atoms with Crippen LogP contribution in [0.15, 0.2) is 0 Å². The van der Waals surface area contributed by atoms with E-state index in [2.05, 4.69) is 27.7 Å². The van der Waals surface area contributed by atoms with E-state index in [0.29, 0.717) is 15.5 Å². The Balaban J connectivity index is 2.62. The second-order valence-corrected chi connectivity index (χ2v) is 6.10. The minimum absolute atomic E-state index is 0.309. The van der Waals surface area contributed by atoms with Crippen molar-refractivity contribution in [1.29, 1.82) is 0 Å². The maximum Gasteiger partial charge on any atom is 0.0326 e. The van der Waals surface area contributed by atoms with Crippen molar-refractivity contribution in [3.05, 3.63) is 0 Å². The Kier molecular flexibility index (Phi) is 1.38. The molecule has 0 atom stereocenters. The third-order valence-electron chi connectivity index (χ3n) is 2.02. The summed E-state index contributed by atoms with van der Waals surface area (Å²) in [5.74, 6) is 0. The van der Waals surface area contributed by atoms with Crippen molar-refractivity contribution < 1.29 is 0 Å². The zero-order chi connectivity index (χ0) is 7.28. The van der Waals surface area contributed by atoms with Crippen molar-refractivity contribution in [2.75, 3.05) is 0 Å². The molecule has 0 unspecified atom stereocenters. The Morgan fingerprint density at radius 3 is 1.44 bits per heavy atom. The number of hydrogen-bond donors (Lipinski definition) is 1. The molecule has 0 saturated carbocycles. The van der Waals surface area contributed by atoms with Crippen LogP contribution in [0, 0.1) is 0 Å². The molecular formula is C7H15NS. The van der Waals surface area contributed by atoms with Gasteiger partial charge < -0.3 is 5.73 Å². The van der Waals surface area contributed by atoms with E-state index >= 15 is 0 Å². The lowest BCUT2D eigenvalue weighted by Crippen LogP contribution is -2.63. The number of hydrogen-bond acceptors (Lipinski definition) is 2. The van der Waals surface area contributed by atoms with Gasteiger partial charge in [0.1, 0.15) is 0 Å². The molecular weight excluding hydrogens is 130 g/mol. The largest absolute Gasteiger partial charge is 0.325 e. The van der Waals surface area contributed by atoms with Crippen LogP contribution >= 0.6 is 11.8 Å². The van der Waals surface area contributed by atoms with Crippen LogP contribution in [0.1, 0.15) is 27.7 Å². The van der Waals surface area contributed by atoms with Gasteiger partial charge in [0, 0.05) is 15.5 Å². The Morgan fingerprint density at radius 1 is 1.11 bits per heavy atom. The van der Waals surface area contributed by atoms with Crippen LogP contribution in [0.25, 0.3) is 0 Å². The predicted octanol–water partition coefficient (Wildman–Crippen LogP) is 1.62. The lowest BCUT2D eigenvalue weighted by Gasteiger charge is -2.54. The summed E-state index contributed by atoms with van der Waals surface area (Å²) >= 11 is 1.97. The SMILES string of the molecule is CC1(C)SC(C)(C)C1N. The topological polar surface area (TPSA) is 26.0 Å². The quantitative estimate of drug-likeness (QED) is 0.560. The minimum atomic E-state index is 0.309. The molecule has 0 amide bonds. The smallest absolute Gasteiger partial charge is 0.0326 e. The van der Waals surface area contributed by atoms with E-state index in [9.17, 15) is 0 Å². The van der Waals surface area contributed by atoms with Gasteiger partial charge >= 0.3 is 0 Å². The third kappa shape index (κ3) is 0.987. The number of nitrogens with two attached hydrogens (primary N) is 1. The summed E-state index contributed by atoms with van der Waals surface area (Å²) in [5, 5.41) is 0. The fraction of sp³-hybridized carbons (Fsp3) is 1.00. The highest BCUT2D eigenvalue weighted by molar-refractivity contribution is 8.03. The van der Waals surface area contributed by atoms with E-state index in [1.165, 1.54) is 0 Å². The van der Waals surface area contributed by atoms with E-state index in [0.717, 1.165) is 0 Å². The fourth-order valence-corrected chi connectivity index (χ4v) is 3.60. The van der Waals surface area contributed by atoms with Gasteiger partial charge in [0.05, 0.1) is 0 Å². The average Bonchev–Trinajstić information content (AvgIpc) is 1.63. The molecule has 1 aliphatic heterocycles. The number of rotatable bonds is 0. The van der Waals surface area contributed by atoms with Crippen LogP contribution in [0.4, 0.5) is 0 Å². The Morgan fingerprint density at radius 2 is 1.44 bits per heavy atom. The Hall–Kier alpha value is 0.310. The first-order valence-corrected chi connectivity index (χ1v) is 4.14. The van der Waals surface area contributed by atoms with Crippen LogP contribution in [-0.4, -0.2) is 15.5 Å². The summed E-state index contributed by atoms with van der Waals surface area (Å²) < 4.78 is 0.618. The lowest BCUT2D eigenvalue weighted by atomic mass is 9.90. The summed E-state index contributed by atoms with van der Waals surface area (Å²) in [5.41, 5.74) is 5.91. The molecule has 1 heterocycles. The van der Waals surface area contributed by atoms with Crippen LogP contribution in [-0.2, 0) is 0 Å². The van der Waals surface area contributed by atoms with Gasteiger partial charge in [-0.3, -0.25) is 0 Å². The van der Waals surface area contributed by atoms with Crippen molar-refractivity contribution in [2.45, 2.75) is 43.2 Å². The van der Waals surface area contributed by atoms with Gasteiger partial charge in [-0.05, 0) is 27.7 Å². The monoisotopic (exact) mass is 145 g/mol. The maximum atomic E-state index is 5.91. The van der Waals surface area contributed by atoms with Crippen molar-refractivity contribution in [3.63, 3.8) is 0 Å². The minimum Gasteiger partial charge on any atom is -0.325 e. The molecule has 0 aliphatic carbocycles. The fourth-order valence-electron chi connectivity index (χ4n) is 1.58. The van der Waals surface area contributed by atoms with Gasteiger partial charge in [-0.25, -0.2) is 0 Å². The summed E-state index contributed by atoms with van der Waals surface area (Å²) in [7, 11) is 0. The molecule has 0 radical (unpaired) electrons. The van der Waals surface area contributed by atoms with E-state index in [1.807, 2.05) is 11.8 Å². The van der Waals surface area contributed by atoms with Crippen molar-refractivity contribution in [3.8, 4) is 0 Å². The highest BCUT2D eigenvalue weighted by Gasteiger charge is 2.51. The van der Waals surface area contributed by atoms with E-state index in [4.69, 9.17) is 5.73 Å². The number of thioether (sulfide) groups is 1. The summed E-state index contributed by atoms with van der Waals surface area (Å²) in [6, 6.07) is 0.356. The van der Waals surface area contributed by atoms with Crippen LogP contribution in [0.3, 0.4) is 0 Å². The highest BCUT2D eigenvalue weighted by Crippen LogP contribution is 2.53. The van der Waals surface area contributed by atoms with Crippen LogP contribution < -0.4 is 5.73 Å². The second-order valence-electron chi connectivity index (χ2n) is 3.79. The Bertz CT molecular complexity index is 115. The predicted molar refractivity (Wildman–Crippen MR) is 43.7 cm³/mol. The standard InChI is InChI=1S/C7H15NS/c1-6(2)5(8)7(3,4)9-6/h5H,8H2,1-4H3. The second kappa shape index (κ2) is 1.67. The summed E-state index contributed by atoms with van der Waals surface area (Å²) in [6.07, 6.45) is 0. The van der Waals surface area contributed by atoms with Gasteiger partial charge in [0.2, 0.25) is 0 Å². The molecule has 1 rings (SSSR count). The van der Waals surface area contributed by atoms with Crippen LogP contribution in [0.5, 0.6) is 0 Å². The molecule has 1 fully saturated rings. The van der Waals surface area contributed by atoms with Gasteiger partial charge in [-0.1, -0.05) is 0 Å². The van der Waals surface area contributed by atoms with Gasteiger partial charge in [-0.2, -0.15) is 0 Å². The molecule has 54 valence electrons. The normalized spacial score (nSPS) is 31.7. The molecule has 1 nitrogen and oxygen atoms in total. The molecule has 1 aliphatic rings. The van der Waals surface area contributed by atoms with E-state index in [-0.39, 0.29) is 0 Å². The molecule has 2 heteroatoms. The zero-order valence-electron chi connectivity index (χ0n) is 6.56. The average molecular weight is 145 g/mol. The van der Waals surface area contributed by atoms with E-state index in [1.54, 1.807) is 0 Å². The van der Waals surface area contributed by atoms with Gasteiger partial charge in [0.25, 0.3) is 0 Å². The molecule has 0 aromatic rings. The molecule has 0 spiro atoms. The summed E-state index contributed by atoms with van der Waals surface area (Å²) in [6.45, 7) is 8.81. The van der Waals surface area contributed by atoms with E-state index < -0.39 is 0 Å². The van der Waals surface area contributed by atoms with Crippen molar-refractivity contribution >= 4 is 11.8 Å². The first-order valence-electron chi connectivity index (χ1n) is 3.32. The van der Waals surface area contributed by atoms with Crippen molar-refractivity contribution in [1.82, 2.24) is 0 Å². The first kappa shape index (κ1) is 7.42. The maximum absolute atomic E-state index is 5.91. The van der Waals surface area contributed by atoms with Gasteiger partial charge in [-0.15, -0.1) is 11.8 Å². The highest BCUT2D eigenvalue weighted by atomic mass is 32.2. The zero-order valence-corrected chi connectivity index (χ0v) is 7.38. The molecule has 1 saturated heterocycles.